The summed E-state index contributed by atoms with van der Waals surface area (Å²) in [7, 11) is 9.22. The highest BCUT2D eigenvalue weighted by molar-refractivity contribution is 7.85. The Morgan fingerprint density at radius 2 is 0.867 bits per heavy atom. The van der Waals surface area contributed by atoms with Crippen LogP contribution >= 0.6 is 0 Å². The Bertz CT molecular complexity index is 416. The van der Waals surface area contributed by atoms with E-state index in [0.717, 1.165) is 4.48 Å². The van der Waals surface area contributed by atoms with E-state index in [1.54, 1.807) is 0 Å². The molecule has 0 radical (unpaired) electrons. The molecular weight excluding hydrogens is 396 g/mol. The van der Waals surface area contributed by atoms with Crippen LogP contribution in [-0.2, 0) is 10.1 Å². The molecule has 0 saturated heterocycles. The normalized spacial score (nSPS) is 11.5. The first-order valence-corrected chi connectivity index (χ1v) is 13.8. The molecule has 0 aliphatic rings. The van der Waals surface area contributed by atoms with Crippen LogP contribution in [0.4, 0.5) is 0 Å². The van der Waals surface area contributed by atoms with Gasteiger partial charge >= 0.3 is 0 Å². The summed E-state index contributed by atoms with van der Waals surface area (Å²) in [6.45, 7) is 5.00. The topological polar surface area (TPSA) is 57.6 Å². The van der Waals surface area contributed by atoms with Crippen molar-refractivity contribution in [1.82, 2.24) is 4.90 Å². The molecule has 0 atom stereocenters. The third-order valence-electron chi connectivity index (χ3n) is 4.55. The molecule has 0 aliphatic carbocycles. The number of nitrogens with zero attached hydrogens (tertiary/aromatic N) is 2. The molecule has 0 aromatic rings. The van der Waals surface area contributed by atoms with Crippen LogP contribution < -0.4 is 0 Å². The zero-order valence-corrected chi connectivity index (χ0v) is 22.7. The zero-order chi connectivity index (χ0) is 23.9. The Balaban J connectivity index is -0.000000600. The van der Waals surface area contributed by atoms with Gasteiger partial charge in [-0.05, 0) is 40.9 Å². The fourth-order valence-electron chi connectivity index (χ4n) is 2.78. The predicted molar refractivity (Wildman–Crippen MR) is 135 cm³/mol. The van der Waals surface area contributed by atoms with Crippen LogP contribution in [0.15, 0.2) is 0 Å². The lowest BCUT2D eigenvalue weighted by Gasteiger charge is -2.23. The highest BCUT2D eigenvalue weighted by Crippen LogP contribution is 2.13. The van der Waals surface area contributed by atoms with E-state index in [2.05, 4.69) is 28.1 Å². The summed E-state index contributed by atoms with van der Waals surface area (Å²) < 4.78 is 28.0. The molecular formula is C24H57N2O3S+. The van der Waals surface area contributed by atoms with Crippen LogP contribution in [0.25, 0.3) is 0 Å². The fourth-order valence-corrected chi connectivity index (χ4v) is 2.78. The van der Waals surface area contributed by atoms with E-state index < -0.39 is 10.1 Å². The SMILES string of the molecule is CCCCCCCCCCCCCCCC[N+](C)(C)C.CCS(=O)(=O)O.CN(C)C. The van der Waals surface area contributed by atoms with Crippen LogP contribution in [0.3, 0.4) is 0 Å². The molecule has 0 spiro atoms. The van der Waals surface area contributed by atoms with Gasteiger partial charge in [0.25, 0.3) is 10.1 Å². The molecule has 0 bridgehead atoms. The summed E-state index contributed by atoms with van der Waals surface area (Å²) in [6.07, 6.45) is 20.4. The predicted octanol–water partition coefficient (Wildman–Crippen LogP) is 6.25. The first kappa shape index (κ1) is 34.4. The number of unbranched alkanes of at least 4 members (excludes halogenated alkanes) is 13. The highest BCUT2D eigenvalue weighted by atomic mass is 32.2. The summed E-state index contributed by atoms with van der Waals surface area (Å²) in [5.41, 5.74) is 0. The maximum absolute atomic E-state index is 9.56. The van der Waals surface area contributed by atoms with Gasteiger partial charge in [0, 0.05) is 0 Å². The van der Waals surface area contributed by atoms with Gasteiger partial charge in [-0.1, -0.05) is 84.0 Å². The van der Waals surface area contributed by atoms with Crippen LogP contribution in [0, 0.1) is 0 Å². The molecule has 6 heteroatoms. The van der Waals surface area contributed by atoms with Crippen LogP contribution in [0.5, 0.6) is 0 Å². The lowest BCUT2D eigenvalue weighted by molar-refractivity contribution is -0.870. The third-order valence-corrected chi connectivity index (χ3v) is 5.28. The smallest absolute Gasteiger partial charge is 0.264 e. The summed E-state index contributed by atoms with van der Waals surface area (Å²) >= 11 is 0. The Kier molecular flexibility index (Phi) is 27.0. The number of rotatable bonds is 16. The molecule has 0 aromatic carbocycles. The quantitative estimate of drug-likeness (QED) is 0.170. The van der Waals surface area contributed by atoms with Gasteiger partial charge in [0.15, 0.2) is 0 Å². The van der Waals surface area contributed by atoms with E-state index in [1.807, 2.05) is 26.0 Å². The fraction of sp³-hybridized carbons (Fsp3) is 1.00. The van der Waals surface area contributed by atoms with E-state index in [0.29, 0.717) is 0 Å². The van der Waals surface area contributed by atoms with Gasteiger partial charge in [-0.2, -0.15) is 8.42 Å². The van der Waals surface area contributed by atoms with Gasteiger partial charge in [0.05, 0.1) is 33.4 Å². The van der Waals surface area contributed by atoms with Crippen molar-refractivity contribution < 1.29 is 17.5 Å². The van der Waals surface area contributed by atoms with Crippen LogP contribution in [0.2, 0.25) is 0 Å². The minimum Gasteiger partial charge on any atom is -0.331 e. The van der Waals surface area contributed by atoms with E-state index in [9.17, 15) is 8.42 Å². The molecule has 0 heterocycles. The third kappa shape index (κ3) is 50.9. The van der Waals surface area contributed by atoms with Crippen molar-refractivity contribution >= 4 is 10.1 Å². The molecule has 0 rings (SSSR count). The van der Waals surface area contributed by atoms with Gasteiger partial charge in [0.2, 0.25) is 0 Å². The van der Waals surface area contributed by atoms with Crippen molar-refractivity contribution in [2.45, 2.75) is 104 Å². The lowest BCUT2D eigenvalue weighted by atomic mass is 10.0. The van der Waals surface area contributed by atoms with Crippen molar-refractivity contribution in [3.05, 3.63) is 0 Å². The first-order chi connectivity index (χ1) is 13.9. The largest absolute Gasteiger partial charge is 0.331 e. The Morgan fingerprint density at radius 3 is 1.07 bits per heavy atom. The van der Waals surface area contributed by atoms with E-state index in [4.69, 9.17) is 4.55 Å². The average molecular weight is 454 g/mol. The average Bonchev–Trinajstić information content (AvgIpc) is 2.60. The maximum Gasteiger partial charge on any atom is 0.264 e. The number of hydrogen-bond acceptors (Lipinski definition) is 3. The number of quaternary nitrogens is 1. The molecule has 0 amide bonds. The summed E-state index contributed by atoms with van der Waals surface area (Å²) in [4.78, 5) is 2.00. The Morgan fingerprint density at radius 1 is 0.633 bits per heavy atom. The van der Waals surface area contributed by atoms with E-state index >= 15 is 0 Å². The first-order valence-electron chi connectivity index (χ1n) is 12.2. The molecule has 186 valence electrons. The minimum absolute atomic E-state index is 0.201. The van der Waals surface area contributed by atoms with Gasteiger partial charge in [0.1, 0.15) is 0 Å². The van der Waals surface area contributed by atoms with Crippen molar-refractivity contribution in [3.63, 3.8) is 0 Å². The maximum atomic E-state index is 9.56. The van der Waals surface area contributed by atoms with Crippen LogP contribution in [-0.4, -0.2) is 76.9 Å². The monoisotopic (exact) mass is 453 g/mol. The Hall–Kier alpha value is -0.170. The summed E-state index contributed by atoms with van der Waals surface area (Å²) in [6, 6.07) is 0. The molecule has 0 saturated carbocycles. The lowest BCUT2D eigenvalue weighted by Crippen LogP contribution is -2.35. The van der Waals surface area contributed by atoms with Gasteiger partial charge < -0.3 is 9.38 Å². The zero-order valence-electron chi connectivity index (χ0n) is 21.9. The second-order valence-electron chi connectivity index (χ2n) is 9.82. The molecule has 5 nitrogen and oxygen atoms in total. The van der Waals surface area contributed by atoms with E-state index in [-0.39, 0.29) is 5.75 Å². The molecule has 0 aliphatic heterocycles. The van der Waals surface area contributed by atoms with E-state index in [1.165, 1.54) is 103 Å². The second kappa shape index (κ2) is 23.5. The summed E-state index contributed by atoms with van der Waals surface area (Å²) in [5.74, 6) is -0.201. The van der Waals surface area contributed by atoms with Crippen molar-refractivity contribution in [3.8, 4) is 0 Å². The molecule has 30 heavy (non-hydrogen) atoms. The summed E-state index contributed by atoms with van der Waals surface area (Å²) in [5, 5.41) is 0. The molecule has 1 N–H and O–H groups in total. The van der Waals surface area contributed by atoms with Gasteiger partial charge in [-0.25, -0.2) is 0 Å². The standard InChI is InChI=1S/C19H42N.C3H9N.C2H6O3S/c1-5-6-7-8-9-10-11-12-13-14-15-16-17-18-19-20(2,3)4;1-4(2)3;1-2-6(3,4)5/h5-19H2,1-4H3;1-3H3;2H2,1H3,(H,3,4,5)/q+1;;. The van der Waals surface area contributed by atoms with Gasteiger partial charge in [-0.3, -0.25) is 4.55 Å². The molecule has 0 unspecified atom stereocenters. The molecule has 0 aromatic heterocycles. The Labute approximate surface area is 191 Å². The van der Waals surface area contributed by atoms with Crippen LogP contribution in [0.1, 0.15) is 104 Å². The van der Waals surface area contributed by atoms with Gasteiger partial charge in [-0.15, -0.1) is 0 Å². The molecule has 0 fully saturated rings. The minimum atomic E-state index is -3.66. The number of hydrogen-bond donors (Lipinski definition) is 1. The van der Waals surface area contributed by atoms with Crippen molar-refractivity contribution in [2.24, 2.45) is 0 Å². The van der Waals surface area contributed by atoms with Crippen molar-refractivity contribution in [1.29, 1.82) is 0 Å². The highest BCUT2D eigenvalue weighted by Gasteiger charge is 2.04. The second-order valence-corrected chi connectivity index (χ2v) is 11.6. The van der Waals surface area contributed by atoms with Crippen molar-refractivity contribution in [2.75, 3.05) is 54.6 Å².